The largest absolute Gasteiger partial charge is 0.493 e. The first-order valence-corrected chi connectivity index (χ1v) is 8.02. The molecule has 3 rings (SSSR count). The predicted octanol–water partition coefficient (Wildman–Crippen LogP) is 2.42. The highest BCUT2D eigenvalue weighted by Gasteiger charge is 2.17. The third kappa shape index (κ3) is 3.30. The molecular weight excluding hydrogens is 336 g/mol. The minimum Gasteiger partial charge on any atom is -0.493 e. The first kappa shape index (κ1) is 17.7. The number of benzene rings is 1. The first-order valence-electron chi connectivity index (χ1n) is 8.02. The number of nitrogens with zero attached hydrogens (tertiary/aromatic N) is 4. The maximum Gasteiger partial charge on any atom is 0.378 e. The van der Waals surface area contributed by atoms with Gasteiger partial charge >= 0.3 is 5.97 Å². The normalized spacial score (nSPS) is 10.8. The van der Waals surface area contributed by atoms with Crippen LogP contribution in [-0.4, -0.2) is 39.8 Å². The van der Waals surface area contributed by atoms with Gasteiger partial charge in [-0.25, -0.2) is 14.3 Å². The number of hydrogen-bond donors (Lipinski definition) is 0. The summed E-state index contributed by atoms with van der Waals surface area (Å²) in [7, 11) is 3.13. The van der Waals surface area contributed by atoms with Crippen molar-refractivity contribution in [3.8, 4) is 11.5 Å². The second-order valence-corrected chi connectivity index (χ2v) is 5.90. The average molecular weight is 356 g/mol. The van der Waals surface area contributed by atoms with Crippen molar-refractivity contribution in [2.75, 3.05) is 14.2 Å². The Balaban J connectivity index is 1.80. The molecule has 0 aliphatic heterocycles. The third-order valence-corrected chi connectivity index (χ3v) is 4.00. The van der Waals surface area contributed by atoms with E-state index in [1.165, 1.54) is 4.52 Å². The predicted molar refractivity (Wildman–Crippen MR) is 93.7 cm³/mol. The Morgan fingerprint density at radius 1 is 1.04 bits per heavy atom. The van der Waals surface area contributed by atoms with Gasteiger partial charge in [0.25, 0.3) is 11.6 Å². The van der Waals surface area contributed by atoms with Crippen LogP contribution in [0.4, 0.5) is 0 Å². The van der Waals surface area contributed by atoms with E-state index in [0.717, 1.165) is 22.5 Å². The zero-order valence-corrected chi connectivity index (χ0v) is 15.4. The van der Waals surface area contributed by atoms with Crippen LogP contribution in [0.15, 0.2) is 18.2 Å². The molecule has 0 saturated heterocycles. The molecule has 26 heavy (non-hydrogen) atoms. The van der Waals surface area contributed by atoms with Gasteiger partial charge in [-0.15, -0.1) is 5.10 Å². The number of ether oxygens (including phenoxy) is 3. The number of methoxy groups -OCH3 is 2. The SMILES string of the molecule is COc1cc(C)c(COC(=O)c2nc3nc(C)cc(C)n3n2)cc1OC. The Bertz CT molecular complexity index is 981. The van der Waals surface area contributed by atoms with Crippen molar-refractivity contribution >= 4 is 11.7 Å². The molecule has 0 fully saturated rings. The van der Waals surface area contributed by atoms with E-state index in [9.17, 15) is 4.79 Å². The lowest BCUT2D eigenvalue weighted by atomic mass is 10.1. The summed E-state index contributed by atoms with van der Waals surface area (Å²) in [5.74, 6) is 0.937. The molecule has 0 aliphatic carbocycles. The quantitative estimate of drug-likeness (QED) is 0.649. The van der Waals surface area contributed by atoms with Crippen LogP contribution in [0.2, 0.25) is 0 Å². The minimum absolute atomic E-state index is 0.0238. The van der Waals surface area contributed by atoms with Crippen molar-refractivity contribution in [3.05, 3.63) is 46.5 Å². The zero-order chi connectivity index (χ0) is 18.8. The van der Waals surface area contributed by atoms with Gasteiger partial charge < -0.3 is 14.2 Å². The van der Waals surface area contributed by atoms with E-state index in [1.54, 1.807) is 20.3 Å². The van der Waals surface area contributed by atoms with Crippen LogP contribution in [0.5, 0.6) is 11.5 Å². The molecule has 0 atom stereocenters. The molecular formula is C18H20N4O4. The number of esters is 1. The molecule has 0 spiro atoms. The van der Waals surface area contributed by atoms with Crippen LogP contribution in [0.1, 0.15) is 33.1 Å². The molecule has 0 N–H and O–H groups in total. The molecule has 0 bridgehead atoms. The van der Waals surface area contributed by atoms with E-state index in [4.69, 9.17) is 14.2 Å². The van der Waals surface area contributed by atoms with Crippen LogP contribution in [0.3, 0.4) is 0 Å². The van der Waals surface area contributed by atoms with Crippen molar-refractivity contribution in [1.82, 2.24) is 19.6 Å². The van der Waals surface area contributed by atoms with Crippen LogP contribution < -0.4 is 9.47 Å². The van der Waals surface area contributed by atoms with Crippen molar-refractivity contribution < 1.29 is 19.0 Å². The van der Waals surface area contributed by atoms with Gasteiger partial charge in [-0.1, -0.05) is 0 Å². The first-order chi connectivity index (χ1) is 12.4. The third-order valence-electron chi connectivity index (χ3n) is 4.00. The van der Waals surface area contributed by atoms with Crippen molar-refractivity contribution in [1.29, 1.82) is 0 Å². The maximum absolute atomic E-state index is 12.3. The Labute approximate surface area is 150 Å². The fourth-order valence-corrected chi connectivity index (χ4v) is 2.64. The van der Waals surface area contributed by atoms with E-state index in [0.29, 0.717) is 17.3 Å². The molecule has 136 valence electrons. The molecule has 1 aromatic carbocycles. The van der Waals surface area contributed by atoms with Gasteiger partial charge in [0.2, 0.25) is 0 Å². The van der Waals surface area contributed by atoms with E-state index < -0.39 is 5.97 Å². The molecule has 0 aliphatic rings. The Hall–Kier alpha value is -3.16. The van der Waals surface area contributed by atoms with Gasteiger partial charge in [-0.3, -0.25) is 0 Å². The lowest BCUT2D eigenvalue weighted by Crippen LogP contribution is -2.09. The van der Waals surface area contributed by atoms with Gasteiger partial charge in [0, 0.05) is 11.4 Å². The molecule has 3 aromatic rings. The average Bonchev–Trinajstić information content (AvgIpc) is 3.04. The number of hydrogen-bond acceptors (Lipinski definition) is 7. The lowest BCUT2D eigenvalue weighted by Gasteiger charge is -2.12. The van der Waals surface area contributed by atoms with Crippen LogP contribution >= 0.6 is 0 Å². The van der Waals surface area contributed by atoms with E-state index in [1.807, 2.05) is 32.9 Å². The van der Waals surface area contributed by atoms with Gasteiger partial charge in [-0.05, 0) is 50.1 Å². The number of aromatic nitrogens is 4. The Morgan fingerprint density at radius 2 is 1.73 bits per heavy atom. The van der Waals surface area contributed by atoms with Crippen molar-refractivity contribution in [2.24, 2.45) is 0 Å². The molecule has 8 nitrogen and oxygen atoms in total. The summed E-state index contributed by atoms with van der Waals surface area (Å²) in [5.41, 5.74) is 3.38. The summed E-state index contributed by atoms with van der Waals surface area (Å²) in [6, 6.07) is 5.48. The zero-order valence-electron chi connectivity index (χ0n) is 15.4. The molecule has 0 unspecified atom stereocenters. The molecule has 0 saturated carbocycles. The van der Waals surface area contributed by atoms with E-state index in [-0.39, 0.29) is 12.4 Å². The summed E-state index contributed by atoms with van der Waals surface area (Å²) < 4.78 is 17.4. The van der Waals surface area contributed by atoms with Crippen LogP contribution in [0, 0.1) is 20.8 Å². The van der Waals surface area contributed by atoms with E-state index >= 15 is 0 Å². The fraction of sp³-hybridized carbons (Fsp3) is 0.333. The van der Waals surface area contributed by atoms with Crippen LogP contribution in [-0.2, 0) is 11.3 Å². The summed E-state index contributed by atoms with van der Waals surface area (Å²) in [5, 5.41) is 4.17. The van der Waals surface area contributed by atoms with Crippen molar-refractivity contribution in [2.45, 2.75) is 27.4 Å². The number of carbonyl (C=O) groups excluding carboxylic acids is 1. The molecule has 0 radical (unpaired) electrons. The summed E-state index contributed by atoms with van der Waals surface area (Å²) in [4.78, 5) is 20.7. The maximum atomic E-state index is 12.3. The molecule has 8 heteroatoms. The highest BCUT2D eigenvalue weighted by Crippen LogP contribution is 2.30. The summed E-state index contributed by atoms with van der Waals surface area (Å²) in [6.07, 6.45) is 0. The highest BCUT2D eigenvalue weighted by atomic mass is 16.5. The Morgan fingerprint density at radius 3 is 2.42 bits per heavy atom. The van der Waals surface area contributed by atoms with Crippen LogP contribution in [0.25, 0.3) is 5.78 Å². The van der Waals surface area contributed by atoms with Gasteiger partial charge in [0.05, 0.1) is 14.2 Å². The molecule has 0 amide bonds. The van der Waals surface area contributed by atoms with Gasteiger partial charge in [-0.2, -0.15) is 4.98 Å². The molecule has 2 aromatic heterocycles. The monoisotopic (exact) mass is 356 g/mol. The minimum atomic E-state index is -0.610. The summed E-state index contributed by atoms with van der Waals surface area (Å²) in [6.45, 7) is 5.72. The lowest BCUT2D eigenvalue weighted by molar-refractivity contribution is 0.0457. The topological polar surface area (TPSA) is 87.8 Å². The Kier molecular flexibility index (Phi) is 4.75. The van der Waals surface area contributed by atoms with E-state index in [2.05, 4.69) is 15.1 Å². The highest BCUT2D eigenvalue weighted by molar-refractivity contribution is 5.85. The van der Waals surface area contributed by atoms with Crippen molar-refractivity contribution in [3.63, 3.8) is 0 Å². The number of rotatable bonds is 5. The van der Waals surface area contributed by atoms with Gasteiger partial charge in [0.1, 0.15) is 6.61 Å². The second kappa shape index (κ2) is 6.99. The number of aryl methyl sites for hydroxylation is 3. The smallest absolute Gasteiger partial charge is 0.378 e. The second-order valence-electron chi connectivity index (χ2n) is 5.90. The fourth-order valence-electron chi connectivity index (χ4n) is 2.64. The number of carbonyl (C=O) groups is 1. The van der Waals surface area contributed by atoms with Gasteiger partial charge in [0.15, 0.2) is 11.5 Å². The molecule has 2 heterocycles. The number of fused-ring (bicyclic) bond motifs is 1. The summed E-state index contributed by atoms with van der Waals surface area (Å²) >= 11 is 0. The standard InChI is InChI=1S/C18H20N4O4/c1-10-6-14(24-4)15(25-5)8-13(10)9-26-17(23)16-20-18-19-11(2)7-12(3)22(18)21-16/h6-8H,9H2,1-5H3.